The van der Waals surface area contributed by atoms with Gasteiger partial charge in [0.15, 0.2) is 9.84 Å². The summed E-state index contributed by atoms with van der Waals surface area (Å²) in [7, 11) is -3.13. The highest BCUT2D eigenvalue weighted by Gasteiger charge is 2.09. The summed E-state index contributed by atoms with van der Waals surface area (Å²) < 4.78 is 22.9. The monoisotopic (exact) mass is 303 g/mol. The number of anilines is 1. The Morgan fingerprint density at radius 2 is 1.62 bits per heavy atom. The second-order valence-corrected chi connectivity index (χ2v) is 7.25. The van der Waals surface area contributed by atoms with Crippen molar-refractivity contribution in [2.24, 2.45) is 0 Å². The van der Waals surface area contributed by atoms with Gasteiger partial charge in [0, 0.05) is 18.0 Å². The number of sulfone groups is 1. The van der Waals surface area contributed by atoms with E-state index in [4.69, 9.17) is 0 Å². The molecular weight excluding hydrogens is 282 g/mol. The van der Waals surface area contributed by atoms with E-state index in [1.165, 1.54) is 11.8 Å². The van der Waals surface area contributed by atoms with Crippen LogP contribution in [0.4, 0.5) is 5.69 Å². The molecule has 2 aromatic carbocycles. The zero-order valence-corrected chi connectivity index (χ0v) is 13.2. The lowest BCUT2D eigenvalue weighted by Gasteiger charge is -2.18. The summed E-state index contributed by atoms with van der Waals surface area (Å²) in [5.74, 6) is 0. The fraction of sp³-hybridized carbons (Fsp3) is 0.294. The van der Waals surface area contributed by atoms with Crippen molar-refractivity contribution in [2.75, 3.05) is 11.6 Å². The maximum Gasteiger partial charge on any atom is 0.175 e. The smallest absolute Gasteiger partial charge is 0.175 e. The lowest BCUT2D eigenvalue weighted by atomic mass is 10.0. The van der Waals surface area contributed by atoms with Crippen molar-refractivity contribution in [1.29, 1.82) is 0 Å². The second-order valence-electron chi connectivity index (χ2n) is 5.24. The van der Waals surface area contributed by atoms with Gasteiger partial charge >= 0.3 is 0 Å². The first kappa shape index (κ1) is 15.6. The van der Waals surface area contributed by atoms with E-state index in [9.17, 15) is 8.42 Å². The van der Waals surface area contributed by atoms with Gasteiger partial charge in [0.25, 0.3) is 0 Å². The molecule has 0 saturated carbocycles. The molecule has 2 rings (SSSR count). The van der Waals surface area contributed by atoms with E-state index in [0.29, 0.717) is 10.9 Å². The van der Waals surface area contributed by atoms with Gasteiger partial charge in [0.1, 0.15) is 0 Å². The molecule has 0 spiro atoms. The SMILES string of the molecule is CCC(Cc1ccccc1)Nc1ccc(S(C)(=O)=O)cc1. The highest BCUT2D eigenvalue weighted by atomic mass is 32.2. The molecule has 3 nitrogen and oxygen atoms in total. The summed E-state index contributed by atoms with van der Waals surface area (Å²) in [4.78, 5) is 0.351. The summed E-state index contributed by atoms with van der Waals surface area (Å²) >= 11 is 0. The van der Waals surface area contributed by atoms with Crippen molar-refractivity contribution in [3.8, 4) is 0 Å². The number of hydrogen-bond donors (Lipinski definition) is 1. The molecular formula is C17H21NO2S. The standard InChI is InChI=1S/C17H21NO2S/c1-3-15(13-14-7-5-4-6-8-14)18-16-9-11-17(12-10-16)21(2,19)20/h4-12,15,18H,3,13H2,1-2H3. The highest BCUT2D eigenvalue weighted by molar-refractivity contribution is 7.90. The molecule has 0 aliphatic rings. The normalized spacial score (nSPS) is 12.9. The number of nitrogens with one attached hydrogen (secondary N) is 1. The third-order valence-electron chi connectivity index (χ3n) is 3.47. The molecule has 0 bridgehead atoms. The van der Waals surface area contributed by atoms with E-state index in [2.05, 4.69) is 24.4 Å². The molecule has 0 aliphatic carbocycles. The summed E-state index contributed by atoms with van der Waals surface area (Å²) in [5, 5.41) is 3.46. The molecule has 1 unspecified atom stereocenters. The fourth-order valence-corrected chi connectivity index (χ4v) is 2.86. The van der Waals surface area contributed by atoms with E-state index >= 15 is 0 Å². The Kier molecular flexibility index (Phi) is 5.02. The minimum atomic E-state index is -3.13. The highest BCUT2D eigenvalue weighted by Crippen LogP contribution is 2.17. The van der Waals surface area contributed by atoms with E-state index < -0.39 is 9.84 Å². The van der Waals surface area contributed by atoms with Crippen molar-refractivity contribution >= 4 is 15.5 Å². The third kappa shape index (κ3) is 4.60. The first-order chi connectivity index (χ1) is 9.99. The van der Waals surface area contributed by atoms with Crippen molar-refractivity contribution in [3.63, 3.8) is 0 Å². The van der Waals surface area contributed by atoms with Gasteiger partial charge < -0.3 is 5.32 Å². The van der Waals surface area contributed by atoms with Crippen LogP contribution in [-0.4, -0.2) is 20.7 Å². The Hall–Kier alpha value is -1.81. The summed E-state index contributed by atoms with van der Waals surface area (Å²) in [6, 6.07) is 17.6. The molecule has 4 heteroatoms. The van der Waals surface area contributed by atoms with Gasteiger partial charge in [-0.25, -0.2) is 8.42 Å². The van der Waals surface area contributed by atoms with Gasteiger partial charge in [-0.2, -0.15) is 0 Å². The van der Waals surface area contributed by atoms with Crippen molar-refractivity contribution in [1.82, 2.24) is 0 Å². The lowest BCUT2D eigenvalue weighted by molar-refractivity contribution is 0.602. The largest absolute Gasteiger partial charge is 0.382 e. The van der Waals surface area contributed by atoms with Crippen LogP contribution < -0.4 is 5.32 Å². The zero-order valence-electron chi connectivity index (χ0n) is 12.4. The Morgan fingerprint density at radius 1 is 1.00 bits per heavy atom. The summed E-state index contributed by atoms with van der Waals surface area (Å²) in [6.07, 6.45) is 3.17. The molecule has 2 aromatic rings. The van der Waals surface area contributed by atoms with Crippen LogP contribution in [0.5, 0.6) is 0 Å². The van der Waals surface area contributed by atoms with Gasteiger partial charge in [0.2, 0.25) is 0 Å². The van der Waals surface area contributed by atoms with Gasteiger partial charge in [-0.3, -0.25) is 0 Å². The van der Waals surface area contributed by atoms with E-state index in [1.807, 2.05) is 30.3 Å². The molecule has 0 aliphatic heterocycles. The second kappa shape index (κ2) is 6.76. The summed E-state index contributed by atoms with van der Waals surface area (Å²) in [6.45, 7) is 2.14. The predicted molar refractivity (Wildman–Crippen MR) is 87.4 cm³/mol. The van der Waals surface area contributed by atoms with Crippen molar-refractivity contribution in [2.45, 2.75) is 30.7 Å². The first-order valence-corrected chi connectivity index (χ1v) is 8.99. The average Bonchev–Trinajstić information content (AvgIpc) is 2.47. The van der Waals surface area contributed by atoms with Crippen LogP contribution in [0.15, 0.2) is 59.5 Å². The Bertz CT molecular complexity index is 664. The molecule has 0 aromatic heterocycles. The molecule has 0 saturated heterocycles. The Morgan fingerprint density at radius 3 is 2.14 bits per heavy atom. The molecule has 0 radical (unpaired) electrons. The maximum atomic E-state index is 11.4. The van der Waals surface area contributed by atoms with Crippen LogP contribution in [-0.2, 0) is 16.3 Å². The minimum absolute atomic E-state index is 0.330. The van der Waals surface area contributed by atoms with E-state index in [-0.39, 0.29) is 0 Å². The maximum absolute atomic E-state index is 11.4. The third-order valence-corrected chi connectivity index (χ3v) is 4.60. The van der Waals surface area contributed by atoms with E-state index in [1.54, 1.807) is 12.1 Å². The number of hydrogen-bond acceptors (Lipinski definition) is 3. The van der Waals surface area contributed by atoms with Crippen LogP contribution in [0, 0.1) is 0 Å². The molecule has 0 fully saturated rings. The Balaban J connectivity index is 2.05. The molecule has 21 heavy (non-hydrogen) atoms. The van der Waals surface area contributed by atoms with Crippen molar-refractivity contribution in [3.05, 3.63) is 60.2 Å². The van der Waals surface area contributed by atoms with Crippen LogP contribution in [0.25, 0.3) is 0 Å². The molecule has 0 amide bonds. The molecule has 112 valence electrons. The molecule has 1 N–H and O–H groups in total. The first-order valence-electron chi connectivity index (χ1n) is 7.09. The lowest BCUT2D eigenvalue weighted by Crippen LogP contribution is -2.21. The van der Waals surface area contributed by atoms with Gasteiger partial charge in [-0.05, 0) is 42.7 Å². The van der Waals surface area contributed by atoms with Crippen LogP contribution in [0.3, 0.4) is 0 Å². The Labute approximate surface area is 126 Å². The van der Waals surface area contributed by atoms with E-state index in [0.717, 1.165) is 18.5 Å². The topological polar surface area (TPSA) is 46.2 Å². The predicted octanol–water partition coefficient (Wildman–Crippen LogP) is 3.52. The zero-order chi connectivity index (χ0) is 15.3. The van der Waals surface area contributed by atoms with Gasteiger partial charge in [-0.1, -0.05) is 37.3 Å². The fourth-order valence-electron chi connectivity index (χ4n) is 2.23. The van der Waals surface area contributed by atoms with Gasteiger partial charge in [-0.15, -0.1) is 0 Å². The van der Waals surface area contributed by atoms with Crippen molar-refractivity contribution < 1.29 is 8.42 Å². The van der Waals surface area contributed by atoms with Gasteiger partial charge in [0.05, 0.1) is 4.90 Å². The molecule has 0 heterocycles. The van der Waals surface area contributed by atoms with Crippen LogP contribution in [0.1, 0.15) is 18.9 Å². The summed E-state index contributed by atoms with van der Waals surface area (Å²) in [5.41, 5.74) is 2.25. The number of rotatable bonds is 6. The molecule has 1 atom stereocenters. The quantitative estimate of drug-likeness (QED) is 0.888. The minimum Gasteiger partial charge on any atom is -0.382 e. The number of benzene rings is 2. The van der Waals surface area contributed by atoms with Crippen LogP contribution in [0.2, 0.25) is 0 Å². The van der Waals surface area contributed by atoms with Crippen LogP contribution >= 0.6 is 0 Å². The average molecular weight is 303 g/mol.